The number of amides is 3. The van der Waals surface area contributed by atoms with Crippen LogP contribution >= 0.6 is 0 Å². The maximum Gasteiger partial charge on any atom is 0.408 e. The number of nitrogens with one attached hydrogen (secondary N) is 1. The van der Waals surface area contributed by atoms with Crippen molar-refractivity contribution in [1.82, 2.24) is 10.3 Å². The lowest BCUT2D eigenvalue weighted by Gasteiger charge is -2.45. The van der Waals surface area contributed by atoms with Crippen molar-refractivity contribution >= 4 is 29.6 Å². The third-order valence-corrected chi connectivity index (χ3v) is 5.58. The summed E-state index contributed by atoms with van der Waals surface area (Å²) in [4.78, 5) is 53.8. The van der Waals surface area contributed by atoms with E-state index >= 15 is 0 Å². The molecular formula is C30H45N3O8. The van der Waals surface area contributed by atoms with Crippen molar-refractivity contribution < 1.29 is 38.1 Å². The SMILES string of the molecule is C=CCOc1ccc(N(C(=O)C(C)NC(=O)OC(C)(C)C)N(C(=O)CCC(C)C)C(C)(OCC=C)C(=O)OC)cc1. The van der Waals surface area contributed by atoms with Crippen LogP contribution in [0.4, 0.5) is 10.5 Å². The van der Waals surface area contributed by atoms with Crippen LogP contribution < -0.4 is 15.1 Å². The summed E-state index contributed by atoms with van der Waals surface area (Å²) >= 11 is 0. The number of esters is 1. The second kappa shape index (κ2) is 15.8. The van der Waals surface area contributed by atoms with Crippen molar-refractivity contribution in [3.63, 3.8) is 0 Å². The van der Waals surface area contributed by atoms with Crippen molar-refractivity contribution in [3.8, 4) is 5.75 Å². The summed E-state index contributed by atoms with van der Waals surface area (Å²) in [6.07, 6.45) is 2.61. The molecule has 1 aromatic carbocycles. The number of hydrazine groups is 1. The van der Waals surface area contributed by atoms with Gasteiger partial charge in [-0.3, -0.25) is 9.59 Å². The van der Waals surface area contributed by atoms with Crippen molar-refractivity contribution in [2.45, 2.75) is 78.7 Å². The van der Waals surface area contributed by atoms with E-state index in [0.717, 1.165) is 17.1 Å². The molecule has 2 unspecified atom stereocenters. The molecular weight excluding hydrogens is 530 g/mol. The number of alkyl carbamates (subject to hydrolysis) is 1. The zero-order chi connectivity index (χ0) is 31.4. The summed E-state index contributed by atoms with van der Waals surface area (Å²) in [7, 11) is 1.15. The lowest BCUT2D eigenvalue weighted by molar-refractivity contribution is -0.200. The molecule has 228 valence electrons. The van der Waals surface area contributed by atoms with E-state index in [1.807, 2.05) is 13.8 Å². The molecule has 0 aliphatic carbocycles. The second-order valence-corrected chi connectivity index (χ2v) is 10.8. The molecule has 0 aliphatic rings. The van der Waals surface area contributed by atoms with Crippen LogP contribution in [0.1, 0.15) is 61.3 Å². The summed E-state index contributed by atoms with van der Waals surface area (Å²) in [5.41, 5.74) is -2.70. The molecule has 1 N–H and O–H groups in total. The zero-order valence-corrected chi connectivity index (χ0v) is 25.5. The average molecular weight is 576 g/mol. The smallest absolute Gasteiger partial charge is 0.408 e. The molecule has 0 saturated carbocycles. The van der Waals surface area contributed by atoms with Gasteiger partial charge in [0, 0.05) is 6.42 Å². The number of nitrogens with zero attached hydrogens (tertiary/aromatic N) is 2. The number of methoxy groups -OCH3 is 1. The standard InChI is InChI=1S/C30H45N3O8/c1-11-19-39-24-16-14-23(15-17-24)32(26(35)22(5)31-28(37)41-29(6,7)8)33(25(34)18-13-21(3)4)30(9,27(36)38-10)40-20-12-2/h11-12,14-17,21-22H,1-2,13,18-20H2,3-10H3,(H,31,37). The first-order chi connectivity index (χ1) is 19.1. The van der Waals surface area contributed by atoms with Gasteiger partial charge in [-0.15, -0.1) is 6.58 Å². The summed E-state index contributed by atoms with van der Waals surface area (Å²) in [5, 5.41) is 4.47. The fraction of sp³-hybridized carbons (Fsp3) is 0.533. The van der Waals surface area contributed by atoms with E-state index in [9.17, 15) is 19.2 Å². The van der Waals surface area contributed by atoms with Crippen molar-refractivity contribution in [2.75, 3.05) is 25.3 Å². The second-order valence-electron chi connectivity index (χ2n) is 10.8. The van der Waals surface area contributed by atoms with Gasteiger partial charge in [-0.2, -0.15) is 0 Å². The number of anilines is 1. The van der Waals surface area contributed by atoms with Crippen LogP contribution in [0.5, 0.6) is 5.75 Å². The molecule has 3 amide bonds. The molecule has 0 spiro atoms. The molecule has 1 aromatic rings. The van der Waals surface area contributed by atoms with Gasteiger partial charge >= 0.3 is 12.1 Å². The molecule has 0 heterocycles. The number of benzene rings is 1. The van der Waals surface area contributed by atoms with Crippen molar-refractivity contribution in [2.24, 2.45) is 5.92 Å². The van der Waals surface area contributed by atoms with E-state index in [4.69, 9.17) is 18.9 Å². The van der Waals surface area contributed by atoms with Gasteiger partial charge in [0.25, 0.3) is 11.6 Å². The third-order valence-electron chi connectivity index (χ3n) is 5.58. The van der Waals surface area contributed by atoms with Gasteiger partial charge in [0.05, 0.1) is 19.4 Å². The lowest BCUT2D eigenvalue weighted by atomic mass is 10.1. The van der Waals surface area contributed by atoms with Gasteiger partial charge in [-0.05, 0) is 71.2 Å². The summed E-state index contributed by atoms with van der Waals surface area (Å²) < 4.78 is 21.7. The summed E-state index contributed by atoms with van der Waals surface area (Å²) in [6.45, 7) is 19.1. The van der Waals surface area contributed by atoms with Gasteiger partial charge in [0.2, 0.25) is 5.91 Å². The average Bonchev–Trinajstić information content (AvgIpc) is 2.90. The molecule has 2 atom stereocenters. The Morgan fingerprint density at radius 3 is 2.05 bits per heavy atom. The van der Waals surface area contributed by atoms with E-state index in [0.29, 0.717) is 12.2 Å². The highest BCUT2D eigenvalue weighted by molar-refractivity contribution is 6.02. The highest BCUT2D eigenvalue weighted by Gasteiger charge is 2.50. The molecule has 11 nitrogen and oxygen atoms in total. The van der Waals surface area contributed by atoms with Crippen LogP contribution in [0, 0.1) is 5.92 Å². The first kappa shape index (κ1) is 35.2. The number of ether oxygens (including phenoxy) is 4. The van der Waals surface area contributed by atoms with E-state index in [1.165, 1.54) is 19.9 Å². The Morgan fingerprint density at radius 2 is 1.56 bits per heavy atom. The van der Waals surface area contributed by atoms with Crippen molar-refractivity contribution in [1.29, 1.82) is 0 Å². The predicted octanol–water partition coefficient (Wildman–Crippen LogP) is 4.77. The van der Waals surface area contributed by atoms with Crippen molar-refractivity contribution in [3.05, 3.63) is 49.6 Å². The van der Waals surface area contributed by atoms with Crippen LogP contribution in [0.2, 0.25) is 0 Å². The minimum absolute atomic E-state index is 0.0140. The van der Waals surface area contributed by atoms with Crippen LogP contribution in [0.3, 0.4) is 0 Å². The minimum Gasteiger partial charge on any atom is -0.490 e. The molecule has 0 bridgehead atoms. The van der Waals surface area contributed by atoms with Crippen LogP contribution in [0.25, 0.3) is 0 Å². The zero-order valence-electron chi connectivity index (χ0n) is 25.5. The first-order valence-corrected chi connectivity index (χ1v) is 13.4. The molecule has 0 aliphatic heterocycles. The van der Waals surface area contributed by atoms with Gasteiger partial charge in [0.1, 0.15) is 24.0 Å². The van der Waals surface area contributed by atoms with Gasteiger partial charge in [-0.1, -0.05) is 32.6 Å². The molecule has 41 heavy (non-hydrogen) atoms. The van der Waals surface area contributed by atoms with E-state index in [2.05, 4.69) is 18.5 Å². The van der Waals surface area contributed by atoms with Crippen LogP contribution in [0.15, 0.2) is 49.6 Å². The van der Waals surface area contributed by atoms with Gasteiger partial charge in [-0.25, -0.2) is 19.6 Å². The first-order valence-electron chi connectivity index (χ1n) is 13.4. The molecule has 0 fully saturated rings. The lowest BCUT2D eigenvalue weighted by Crippen LogP contribution is -2.67. The maximum absolute atomic E-state index is 14.1. The topological polar surface area (TPSA) is 124 Å². The van der Waals surface area contributed by atoms with Gasteiger partial charge in [0.15, 0.2) is 0 Å². The van der Waals surface area contributed by atoms with Crippen LogP contribution in [-0.2, 0) is 28.6 Å². The molecule has 0 saturated heterocycles. The van der Waals surface area contributed by atoms with Gasteiger partial charge < -0.3 is 24.3 Å². The Labute approximate surface area is 243 Å². The fourth-order valence-electron chi connectivity index (χ4n) is 3.58. The highest BCUT2D eigenvalue weighted by atomic mass is 16.6. The quantitative estimate of drug-likeness (QED) is 0.146. The number of hydrogen-bond donors (Lipinski definition) is 1. The number of rotatable bonds is 14. The monoisotopic (exact) mass is 575 g/mol. The summed E-state index contributed by atoms with van der Waals surface area (Å²) in [6, 6.07) is 5.10. The predicted molar refractivity (Wildman–Crippen MR) is 156 cm³/mol. The van der Waals surface area contributed by atoms with Crippen LogP contribution in [-0.4, -0.2) is 66.6 Å². The largest absolute Gasteiger partial charge is 0.490 e. The maximum atomic E-state index is 14.1. The molecule has 0 aromatic heterocycles. The molecule has 1 rings (SSSR count). The number of carbonyl (C=O) groups excluding carboxylic acids is 4. The van der Waals surface area contributed by atoms with E-state index in [1.54, 1.807) is 51.1 Å². The Kier molecular flexibility index (Phi) is 13.6. The Hall–Kier alpha value is -3.86. The number of hydrogen-bond acceptors (Lipinski definition) is 8. The highest BCUT2D eigenvalue weighted by Crippen LogP contribution is 2.30. The Balaban J connectivity index is 3.80. The molecule has 11 heteroatoms. The Morgan fingerprint density at radius 1 is 0.976 bits per heavy atom. The van der Waals surface area contributed by atoms with E-state index < -0.39 is 41.2 Å². The van der Waals surface area contributed by atoms with E-state index in [-0.39, 0.29) is 31.2 Å². The Bertz CT molecular complexity index is 1060. The number of carbonyl (C=O) groups is 4. The fourth-order valence-corrected chi connectivity index (χ4v) is 3.58. The molecule has 0 radical (unpaired) electrons. The summed E-state index contributed by atoms with van der Waals surface area (Å²) in [5.74, 6) is -1.62. The third kappa shape index (κ3) is 10.6. The minimum atomic E-state index is -2.09. The normalized spacial score (nSPS) is 13.3.